The average Bonchev–Trinajstić information content (AvgIpc) is 3.03. The molecule has 0 bridgehead atoms. The molecule has 3 fully saturated rings. The molecule has 23 heavy (non-hydrogen) atoms. The van der Waals surface area contributed by atoms with Crippen LogP contribution in [-0.4, -0.2) is 53.5 Å². The van der Waals surface area contributed by atoms with E-state index in [2.05, 4.69) is 31.4 Å². The van der Waals surface area contributed by atoms with Gasteiger partial charge in [0, 0.05) is 10.8 Å². The molecule has 3 rings (SSSR count). The average molecular weight is 343 g/mol. The summed E-state index contributed by atoms with van der Waals surface area (Å²) in [6.45, 7) is 7.90. The summed E-state index contributed by atoms with van der Waals surface area (Å²) in [6.07, 6.45) is 6.02. The molecule has 2 aliphatic heterocycles. The number of ether oxygens (including phenoxy) is 2. The van der Waals surface area contributed by atoms with E-state index < -0.39 is 0 Å². The molecule has 4 atom stereocenters. The zero-order valence-corrected chi connectivity index (χ0v) is 15.3. The van der Waals surface area contributed by atoms with Crippen LogP contribution >= 0.6 is 11.8 Å². The maximum Gasteiger partial charge on any atom is 0.315 e. The number of amides is 2. The smallest absolute Gasteiger partial charge is 0.315 e. The van der Waals surface area contributed by atoms with Gasteiger partial charge in [-0.2, -0.15) is 0 Å². The normalized spacial score (nSPS) is 35.1. The first kappa shape index (κ1) is 17.4. The predicted molar refractivity (Wildman–Crippen MR) is 92.9 cm³/mol. The van der Waals surface area contributed by atoms with Crippen molar-refractivity contribution in [1.82, 2.24) is 10.6 Å². The van der Waals surface area contributed by atoms with E-state index in [1.807, 2.05) is 11.8 Å². The van der Waals surface area contributed by atoms with Gasteiger partial charge in [0.1, 0.15) is 6.10 Å². The van der Waals surface area contributed by atoms with E-state index in [1.54, 1.807) is 0 Å². The third-order valence-electron chi connectivity index (χ3n) is 4.77. The van der Waals surface area contributed by atoms with Crippen LogP contribution in [0.3, 0.4) is 0 Å². The Bertz CT molecular complexity index is 421. The van der Waals surface area contributed by atoms with Gasteiger partial charge in [0.2, 0.25) is 0 Å². The quantitative estimate of drug-likeness (QED) is 0.828. The maximum absolute atomic E-state index is 12.2. The van der Waals surface area contributed by atoms with Crippen LogP contribution in [-0.2, 0) is 9.47 Å². The van der Waals surface area contributed by atoms with Crippen molar-refractivity contribution in [3.8, 4) is 0 Å². The van der Waals surface area contributed by atoms with Crippen molar-refractivity contribution in [2.45, 2.75) is 87.2 Å². The zero-order chi connectivity index (χ0) is 16.4. The van der Waals surface area contributed by atoms with Crippen LogP contribution in [0, 0.1) is 0 Å². The fourth-order valence-electron chi connectivity index (χ4n) is 3.79. The van der Waals surface area contributed by atoms with Crippen molar-refractivity contribution < 1.29 is 14.3 Å². The maximum atomic E-state index is 12.2. The van der Waals surface area contributed by atoms with Crippen LogP contribution in [0.15, 0.2) is 0 Å². The Kier molecular flexibility index (Phi) is 5.43. The first-order valence-corrected chi connectivity index (χ1v) is 9.78. The third kappa shape index (κ3) is 4.54. The number of thioether (sulfide) groups is 1. The summed E-state index contributed by atoms with van der Waals surface area (Å²) in [6, 6.07) is 0.228. The van der Waals surface area contributed by atoms with Crippen molar-refractivity contribution in [1.29, 1.82) is 0 Å². The number of carbonyl (C=O) groups excluding carboxylic acids is 1. The van der Waals surface area contributed by atoms with E-state index in [0.29, 0.717) is 24.5 Å². The Morgan fingerprint density at radius 3 is 2.39 bits per heavy atom. The standard InChI is InChI=1S/C17H30N2O3S/c1-17(2,3)23-13-10-22-14-12(9-21-15(13)14)19-16(20)18-11-7-5-4-6-8-11/h11-15H,4-10H2,1-3H3,(H2,18,19,20)/t12-,13-,14+,15+/m0/s1. The molecule has 1 aliphatic carbocycles. The molecule has 0 radical (unpaired) electrons. The van der Waals surface area contributed by atoms with Gasteiger partial charge in [-0.15, -0.1) is 11.8 Å². The van der Waals surface area contributed by atoms with Crippen molar-refractivity contribution in [2.75, 3.05) is 13.2 Å². The van der Waals surface area contributed by atoms with Gasteiger partial charge in [-0.1, -0.05) is 40.0 Å². The zero-order valence-electron chi connectivity index (χ0n) is 14.5. The molecule has 0 aromatic heterocycles. The van der Waals surface area contributed by atoms with Gasteiger partial charge in [0.15, 0.2) is 0 Å². The van der Waals surface area contributed by atoms with Gasteiger partial charge in [-0.3, -0.25) is 0 Å². The summed E-state index contributed by atoms with van der Waals surface area (Å²) < 4.78 is 12.1. The number of hydrogen-bond donors (Lipinski definition) is 2. The summed E-state index contributed by atoms with van der Waals surface area (Å²) in [4.78, 5) is 12.2. The Balaban J connectivity index is 1.48. The van der Waals surface area contributed by atoms with Gasteiger partial charge in [0.25, 0.3) is 0 Å². The van der Waals surface area contributed by atoms with Gasteiger partial charge < -0.3 is 20.1 Å². The van der Waals surface area contributed by atoms with E-state index in [4.69, 9.17) is 9.47 Å². The molecule has 132 valence electrons. The van der Waals surface area contributed by atoms with Crippen molar-refractivity contribution >= 4 is 17.8 Å². The molecular weight excluding hydrogens is 312 g/mol. The second-order valence-electron chi connectivity index (χ2n) is 7.92. The topological polar surface area (TPSA) is 59.6 Å². The minimum Gasteiger partial charge on any atom is -0.372 e. The molecule has 0 aromatic rings. The van der Waals surface area contributed by atoms with Crippen molar-refractivity contribution in [3.63, 3.8) is 0 Å². The summed E-state index contributed by atoms with van der Waals surface area (Å²) in [5.41, 5.74) is 0. The Labute approximate surface area is 143 Å². The van der Waals surface area contributed by atoms with Gasteiger partial charge >= 0.3 is 6.03 Å². The van der Waals surface area contributed by atoms with E-state index >= 15 is 0 Å². The number of hydrogen-bond acceptors (Lipinski definition) is 4. The fraction of sp³-hybridized carbons (Fsp3) is 0.941. The number of carbonyl (C=O) groups is 1. The SMILES string of the molecule is CC(C)(C)S[C@H]1CO[C@H]2[C@@H]1OC[C@@H]2NC(=O)NC1CCCCC1. The summed E-state index contributed by atoms with van der Waals surface area (Å²) in [7, 11) is 0. The van der Waals surface area contributed by atoms with E-state index in [0.717, 1.165) is 12.8 Å². The molecule has 2 saturated heterocycles. The molecular formula is C17H30N2O3S. The second kappa shape index (κ2) is 7.19. The Hall–Kier alpha value is -0.460. The lowest BCUT2D eigenvalue weighted by Crippen LogP contribution is -2.51. The molecule has 0 spiro atoms. The first-order valence-electron chi connectivity index (χ1n) is 8.90. The molecule has 5 nitrogen and oxygen atoms in total. The minimum atomic E-state index is -0.0679. The highest BCUT2D eigenvalue weighted by molar-refractivity contribution is 8.01. The van der Waals surface area contributed by atoms with E-state index in [1.165, 1.54) is 19.3 Å². The third-order valence-corrected chi connectivity index (χ3v) is 6.18. The Morgan fingerprint density at radius 1 is 1.00 bits per heavy atom. The van der Waals surface area contributed by atoms with Crippen LogP contribution in [0.5, 0.6) is 0 Å². The van der Waals surface area contributed by atoms with Crippen molar-refractivity contribution in [3.05, 3.63) is 0 Å². The summed E-state index contributed by atoms with van der Waals surface area (Å²) in [5, 5.41) is 6.54. The van der Waals surface area contributed by atoms with Gasteiger partial charge in [0.05, 0.1) is 30.6 Å². The van der Waals surface area contributed by atoms with Crippen molar-refractivity contribution in [2.24, 2.45) is 0 Å². The minimum absolute atomic E-state index is 0.00745. The van der Waals surface area contributed by atoms with Crippen LogP contribution in [0.4, 0.5) is 4.79 Å². The molecule has 1 saturated carbocycles. The monoisotopic (exact) mass is 342 g/mol. The van der Waals surface area contributed by atoms with Crippen LogP contribution in [0.1, 0.15) is 52.9 Å². The predicted octanol–water partition coefficient (Wildman–Crippen LogP) is 2.68. The van der Waals surface area contributed by atoms with E-state index in [9.17, 15) is 4.79 Å². The molecule has 6 heteroatoms. The second-order valence-corrected chi connectivity index (χ2v) is 9.99. The largest absolute Gasteiger partial charge is 0.372 e. The number of nitrogens with one attached hydrogen (secondary N) is 2. The molecule has 2 amide bonds. The number of urea groups is 1. The Morgan fingerprint density at radius 2 is 1.70 bits per heavy atom. The molecule has 2 heterocycles. The van der Waals surface area contributed by atoms with Gasteiger partial charge in [-0.05, 0) is 12.8 Å². The van der Waals surface area contributed by atoms with Crippen LogP contribution in [0.2, 0.25) is 0 Å². The van der Waals surface area contributed by atoms with E-state index in [-0.39, 0.29) is 29.0 Å². The lowest BCUT2D eigenvalue weighted by atomic mass is 9.96. The summed E-state index contributed by atoms with van der Waals surface area (Å²) >= 11 is 1.91. The molecule has 3 aliphatic rings. The highest BCUT2D eigenvalue weighted by atomic mass is 32.2. The van der Waals surface area contributed by atoms with Gasteiger partial charge in [-0.25, -0.2) is 4.79 Å². The molecule has 0 unspecified atom stereocenters. The lowest BCUT2D eigenvalue weighted by Gasteiger charge is -2.25. The van der Waals surface area contributed by atoms with Crippen LogP contribution < -0.4 is 10.6 Å². The number of rotatable bonds is 3. The fourth-order valence-corrected chi connectivity index (χ4v) is 5.21. The lowest BCUT2D eigenvalue weighted by molar-refractivity contribution is 0.0693. The highest BCUT2D eigenvalue weighted by Gasteiger charge is 2.49. The highest BCUT2D eigenvalue weighted by Crippen LogP contribution is 2.39. The molecule has 0 aromatic carbocycles. The molecule has 2 N–H and O–H groups in total. The number of fused-ring (bicyclic) bond motifs is 1. The first-order chi connectivity index (χ1) is 10.9. The van der Waals surface area contributed by atoms with Crippen LogP contribution in [0.25, 0.3) is 0 Å². The summed E-state index contributed by atoms with van der Waals surface area (Å²) in [5.74, 6) is 0.